The molecule has 0 spiro atoms. The molecule has 8 heteroatoms. The summed E-state index contributed by atoms with van der Waals surface area (Å²) in [6.45, 7) is 1.92. The van der Waals surface area contributed by atoms with Crippen LogP contribution in [0, 0.1) is 11.6 Å². The molecule has 1 heterocycles. The highest BCUT2D eigenvalue weighted by Crippen LogP contribution is 2.43. The average Bonchev–Trinajstić information content (AvgIpc) is 2.68. The molecule has 152 valence electrons. The number of halogens is 4. The molecule has 0 saturated heterocycles. The molecule has 3 rings (SSSR count). The number of hydrogen-bond donors (Lipinski definition) is 0. The van der Waals surface area contributed by atoms with Crippen molar-refractivity contribution in [1.82, 2.24) is 4.57 Å². The Morgan fingerprint density at radius 2 is 1.69 bits per heavy atom. The first-order valence-corrected chi connectivity index (χ1v) is 9.80. The van der Waals surface area contributed by atoms with Crippen molar-refractivity contribution in [2.75, 3.05) is 14.2 Å². The smallest absolute Gasteiger partial charge is 0.251 e. The summed E-state index contributed by atoms with van der Waals surface area (Å²) in [5.41, 5.74) is 0.162. The third-order valence-electron chi connectivity index (χ3n) is 4.50. The van der Waals surface area contributed by atoms with Gasteiger partial charge < -0.3 is 14.0 Å². The molecule has 0 radical (unpaired) electrons. The lowest BCUT2D eigenvalue weighted by Gasteiger charge is -2.19. The number of rotatable bonds is 5. The van der Waals surface area contributed by atoms with Crippen molar-refractivity contribution in [3.8, 4) is 33.9 Å². The summed E-state index contributed by atoms with van der Waals surface area (Å²) < 4.78 is 41.9. The maximum Gasteiger partial charge on any atom is 0.251 e. The molecule has 4 nitrogen and oxygen atoms in total. The van der Waals surface area contributed by atoms with E-state index in [0.717, 1.165) is 12.1 Å². The molecule has 1 aromatic heterocycles. The fourth-order valence-electron chi connectivity index (χ4n) is 3.18. The highest BCUT2D eigenvalue weighted by molar-refractivity contribution is 9.10. The second-order valence-corrected chi connectivity index (χ2v) is 7.41. The van der Waals surface area contributed by atoms with Crippen LogP contribution in [0.5, 0.6) is 11.5 Å². The van der Waals surface area contributed by atoms with Crippen molar-refractivity contribution >= 4 is 27.5 Å². The Morgan fingerprint density at radius 1 is 1.03 bits per heavy atom. The van der Waals surface area contributed by atoms with Crippen LogP contribution in [0.3, 0.4) is 0 Å². The van der Waals surface area contributed by atoms with Crippen LogP contribution >= 0.6 is 27.5 Å². The van der Waals surface area contributed by atoms with Crippen LogP contribution in [0.15, 0.2) is 45.7 Å². The van der Waals surface area contributed by atoms with Crippen LogP contribution < -0.4 is 15.0 Å². The van der Waals surface area contributed by atoms with Gasteiger partial charge in [-0.3, -0.25) is 4.79 Å². The van der Waals surface area contributed by atoms with Gasteiger partial charge in [0.15, 0.2) is 0 Å². The number of ether oxygens (including phenoxy) is 2. The molecule has 0 fully saturated rings. The Bertz CT molecular complexity index is 1120. The molecule has 2 aromatic carbocycles. The molecular formula is C21H17BrClF2NO3. The van der Waals surface area contributed by atoms with Gasteiger partial charge in [-0.25, -0.2) is 8.78 Å². The number of nitrogens with zero attached hydrogens (tertiary/aromatic N) is 1. The number of benzene rings is 2. The summed E-state index contributed by atoms with van der Waals surface area (Å²) in [4.78, 5) is 12.5. The molecule has 3 aromatic rings. The summed E-state index contributed by atoms with van der Waals surface area (Å²) in [6, 6.07) is 8.34. The van der Waals surface area contributed by atoms with E-state index in [2.05, 4.69) is 15.9 Å². The highest BCUT2D eigenvalue weighted by atomic mass is 79.9. The Morgan fingerprint density at radius 3 is 2.24 bits per heavy atom. The van der Waals surface area contributed by atoms with Crippen LogP contribution in [-0.2, 0) is 6.54 Å². The minimum Gasteiger partial charge on any atom is -0.497 e. The first-order valence-electron chi connectivity index (χ1n) is 8.63. The lowest BCUT2D eigenvalue weighted by atomic mass is 9.97. The van der Waals surface area contributed by atoms with Gasteiger partial charge in [-0.05, 0) is 31.2 Å². The second kappa shape index (κ2) is 8.55. The molecule has 0 amide bonds. The zero-order valence-corrected chi connectivity index (χ0v) is 18.2. The maximum absolute atomic E-state index is 14.9. The molecule has 0 unspecified atom stereocenters. The van der Waals surface area contributed by atoms with Crippen molar-refractivity contribution in [3.63, 3.8) is 0 Å². The van der Waals surface area contributed by atoms with Crippen LogP contribution in [0.25, 0.3) is 22.4 Å². The number of methoxy groups -OCH3 is 2. The number of aromatic nitrogens is 1. The first kappa shape index (κ1) is 21.3. The monoisotopic (exact) mass is 483 g/mol. The van der Waals surface area contributed by atoms with Gasteiger partial charge in [-0.15, -0.1) is 0 Å². The zero-order valence-electron chi connectivity index (χ0n) is 15.9. The predicted molar refractivity (Wildman–Crippen MR) is 113 cm³/mol. The molecule has 0 bridgehead atoms. The van der Waals surface area contributed by atoms with Gasteiger partial charge in [-0.2, -0.15) is 0 Å². The van der Waals surface area contributed by atoms with Crippen molar-refractivity contribution in [2.24, 2.45) is 0 Å². The second-order valence-electron chi connectivity index (χ2n) is 6.11. The summed E-state index contributed by atoms with van der Waals surface area (Å²) in [6.07, 6.45) is 0. The van der Waals surface area contributed by atoms with Crippen molar-refractivity contribution in [2.45, 2.75) is 13.5 Å². The predicted octanol–water partition coefficient (Wildman–Crippen LogP) is 5.91. The molecule has 0 aliphatic heterocycles. The van der Waals surface area contributed by atoms with Crippen LogP contribution in [0.1, 0.15) is 6.92 Å². The van der Waals surface area contributed by atoms with E-state index in [1.165, 1.54) is 30.9 Å². The lowest BCUT2D eigenvalue weighted by molar-refractivity contribution is 0.395. The molecular weight excluding hydrogens is 468 g/mol. The van der Waals surface area contributed by atoms with Gasteiger partial charge in [0.25, 0.3) is 5.56 Å². The van der Waals surface area contributed by atoms with E-state index in [9.17, 15) is 13.6 Å². The molecule has 0 N–H and O–H groups in total. The summed E-state index contributed by atoms with van der Waals surface area (Å²) >= 11 is 9.59. The number of pyridine rings is 1. The Kier molecular flexibility index (Phi) is 6.29. The fraction of sp³-hybridized carbons (Fsp3) is 0.190. The van der Waals surface area contributed by atoms with Crippen LogP contribution in [0.2, 0.25) is 5.02 Å². The molecule has 0 atom stereocenters. The lowest BCUT2D eigenvalue weighted by Crippen LogP contribution is -2.21. The van der Waals surface area contributed by atoms with E-state index in [0.29, 0.717) is 22.6 Å². The molecule has 29 heavy (non-hydrogen) atoms. The molecule has 0 aliphatic carbocycles. The summed E-state index contributed by atoms with van der Waals surface area (Å²) in [5, 5.41) is 0.230. The zero-order chi connectivity index (χ0) is 21.3. The average molecular weight is 485 g/mol. The van der Waals surface area contributed by atoms with E-state index in [-0.39, 0.29) is 32.9 Å². The van der Waals surface area contributed by atoms with E-state index < -0.39 is 11.6 Å². The van der Waals surface area contributed by atoms with Gasteiger partial charge in [0.05, 0.1) is 30.5 Å². The van der Waals surface area contributed by atoms with Crippen molar-refractivity contribution in [3.05, 3.63) is 67.9 Å². The quantitative estimate of drug-likeness (QED) is 0.452. The molecule has 0 saturated carbocycles. The summed E-state index contributed by atoms with van der Waals surface area (Å²) in [7, 11) is 2.93. The topological polar surface area (TPSA) is 40.5 Å². The Hall–Kier alpha value is -2.38. The highest BCUT2D eigenvalue weighted by Gasteiger charge is 2.23. The summed E-state index contributed by atoms with van der Waals surface area (Å²) in [5.74, 6) is -0.843. The van der Waals surface area contributed by atoms with Gasteiger partial charge >= 0.3 is 0 Å². The normalized spacial score (nSPS) is 10.9. The standard InChI is InChI=1S/C21H17BrClF2NO3/c1-4-26-18(27)6-5-13(14-9-12(28-2)10-17(29-3)20(14)23)21(26)19-15(24)7-11(22)8-16(19)25/h5-10H,4H2,1-3H3. The van der Waals surface area contributed by atoms with Gasteiger partial charge in [0.2, 0.25) is 0 Å². The molecule has 0 aliphatic rings. The fourth-order valence-corrected chi connectivity index (χ4v) is 3.87. The van der Waals surface area contributed by atoms with E-state index >= 15 is 0 Å². The minimum absolute atomic E-state index is 0.0831. The Labute approximate surface area is 179 Å². The third kappa shape index (κ3) is 3.89. The van der Waals surface area contributed by atoms with Crippen LogP contribution in [0.4, 0.5) is 8.78 Å². The van der Waals surface area contributed by atoms with Crippen molar-refractivity contribution < 1.29 is 18.3 Å². The van der Waals surface area contributed by atoms with Crippen molar-refractivity contribution in [1.29, 1.82) is 0 Å². The van der Waals surface area contributed by atoms with Gasteiger partial charge in [-0.1, -0.05) is 27.5 Å². The maximum atomic E-state index is 14.9. The van der Waals surface area contributed by atoms with Gasteiger partial charge in [0.1, 0.15) is 23.1 Å². The largest absolute Gasteiger partial charge is 0.497 e. The van der Waals surface area contributed by atoms with E-state index in [1.54, 1.807) is 19.1 Å². The van der Waals surface area contributed by atoms with E-state index in [1.807, 2.05) is 0 Å². The third-order valence-corrected chi connectivity index (χ3v) is 5.35. The van der Waals surface area contributed by atoms with Gasteiger partial charge in [0, 0.05) is 34.3 Å². The first-order chi connectivity index (χ1) is 13.8. The number of hydrogen-bond acceptors (Lipinski definition) is 3. The van der Waals surface area contributed by atoms with E-state index in [4.69, 9.17) is 21.1 Å². The van der Waals surface area contributed by atoms with Crippen LogP contribution in [-0.4, -0.2) is 18.8 Å². The Balaban J connectivity index is 2.48. The minimum atomic E-state index is -0.808. The SMILES string of the molecule is CCn1c(-c2c(F)cc(Br)cc2F)c(-c2cc(OC)cc(OC)c2Cl)ccc1=O.